The van der Waals surface area contributed by atoms with Crippen LogP contribution in [0.5, 0.6) is 0 Å². The van der Waals surface area contributed by atoms with Gasteiger partial charge in [-0.3, -0.25) is 10.1 Å². The van der Waals surface area contributed by atoms with Gasteiger partial charge in [0, 0.05) is 22.9 Å². The van der Waals surface area contributed by atoms with Crippen molar-refractivity contribution in [2.45, 2.75) is 4.90 Å². The molecule has 4 aromatic rings. The summed E-state index contributed by atoms with van der Waals surface area (Å²) in [5.41, 5.74) is 1.04. The first-order valence-electron chi connectivity index (χ1n) is 7.34. The molecule has 4 rings (SSSR count). The summed E-state index contributed by atoms with van der Waals surface area (Å²) in [6.07, 6.45) is 0. The fraction of sp³-hybridized carbons (Fsp3) is 0. The number of rotatable bonds is 3. The molecule has 0 N–H and O–H groups in total. The van der Waals surface area contributed by atoms with Crippen LogP contribution in [0, 0.1) is 10.1 Å². The van der Waals surface area contributed by atoms with Gasteiger partial charge in [0.15, 0.2) is 0 Å². The molecule has 9 nitrogen and oxygen atoms in total. The van der Waals surface area contributed by atoms with Crippen molar-refractivity contribution in [3.05, 3.63) is 64.7 Å². The van der Waals surface area contributed by atoms with Crippen molar-refractivity contribution in [1.82, 2.24) is 15.0 Å². The van der Waals surface area contributed by atoms with Crippen molar-refractivity contribution in [1.29, 1.82) is 0 Å². The smallest absolute Gasteiger partial charge is 0.744 e. The van der Waals surface area contributed by atoms with Crippen LogP contribution in [0.4, 0.5) is 5.69 Å². The number of nitrogens with zero attached hydrogens (tertiary/aromatic N) is 4. The maximum absolute atomic E-state index is 11.6. The molecule has 0 aliphatic carbocycles. The molecule has 1 aromatic heterocycles. The summed E-state index contributed by atoms with van der Waals surface area (Å²) in [7, 11) is -4.69. The van der Waals surface area contributed by atoms with Crippen molar-refractivity contribution >= 4 is 37.6 Å². The minimum Gasteiger partial charge on any atom is -0.744 e. The number of hydrogen-bond acceptors (Lipinski definition) is 7. The van der Waals surface area contributed by atoms with Gasteiger partial charge in [0.2, 0.25) is 0 Å². The Kier molecular flexibility index (Phi) is 5.02. The average Bonchev–Trinajstić information content (AvgIpc) is 3.05. The summed E-state index contributed by atoms with van der Waals surface area (Å²) < 4.78 is 34.8. The molecule has 0 unspecified atom stereocenters. The fourth-order valence-corrected chi connectivity index (χ4v) is 3.45. The van der Waals surface area contributed by atoms with Gasteiger partial charge >= 0.3 is 29.6 Å². The van der Waals surface area contributed by atoms with Gasteiger partial charge in [-0.15, -0.1) is 10.2 Å². The van der Waals surface area contributed by atoms with Gasteiger partial charge in [0.05, 0.1) is 15.5 Å². The first-order chi connectivity index (χ1) is 12.3. The number of nitro groups is 1. The van der Waals surface area contributed by atoms with Crippen molar-refractivity contribution in [2.24, 2.45) is 0 Å². The second kappa shape index (κ2) is 6.98. The Morgan fingerprint density at radius 3 is 2.19 bits per heavy atom. The van der Waals surface area contributed by atoms with E-state index in [0.29, 0.717) is 16.6 Å². The summed E-state index contributed by atoms with van der Waals surface area (Å²) in [6.45, 7) is 0. The minimum absolute atomic E-state index is 0. The zero-order chi connectivity index (χ0) is 18.5. The summed E-state index contributed by atoms with van der Waals surface area (Å²) >= 11 is 0. The van der Waals surface area contributed by atoms with Gasteiger partial charge in [0.1, 0.15) is 21.2 Å². The molecule has 27 heavy (non-hydrogen) atoms. The Labute approximate surface area is 174 Å². The summed E-state index contributed by atoms with van der Waals surface area (Å²) in [5.74, 6) is 0. The number of aromatic nitrogens is 3. The fourth-order valence-electron chi connectivity index (χ4n) is 2.74. The molecular weight excluding hydrogens is 383 g/mol. The molecule has 0 atom stereocenters. The number of non-ortho nitro benzene ring substituents is 1. The minimum atomic E-state index is -4.69. The Bertz CT molecular complexity index is 1290. The zero-order valence-electron chi connectivity index (χ0n) is 13.9. The molecule has 11 heteroatoms. The molecule has 1 heterocycles. The zero-order valence-corrected chi connectivity index (χ0v) is 16.8. The normalized spacial score (nSPS) is 11.4. The second-order valence-electron chi connectivity index (χ2n) is 5.51. The molecular formula is C16H9N4NaO5S. The molecule has 0 bridgehead atoms. The standard InChI is InChI=1S/C16H10N4O5S.Na/c21-20(22)11-7-5-10(6-8-11)19-17-14-9-15(26(23,24)25)12-3-1-2-4-13(12)16(14)18-19;/h1-9H,(H,23,24,25);/q;+1/p-1. The summed E-state index contributed by atoms with van der Waals surface area (Å²) in [4.78, 5) is 11.1. The summed E-state index contributed by atoms with van der Waals surface area (Å²) in [6, 6.07) is 13.3. The van der Waals surface area contributed by atoms with E-state index in [0.717, 1.165) is 0 Å². The van der Waals surface area contributed by atoms with E-state index in [-0.39, 0.29) is 51.0 Å². The molecule has 0 amide bonds. The quantitative estimate of drug-likeness (QED) is 0.197. The maximum atomic E-state index is 11.6. The van der Waals surface area contributed by atoms with Crippen LogP contribution in [-0.4, -0.2) is 32.9 Å². The second-order valence-corrected chi connectivity index (χ2v) is 6.85. The van der Waals surface area contributed by atoms with Crippen LogP contribution in [0.15, 0.2) is 59.5 Å². The first-order valence-corrected chi connectivity index (χ1v) is 8.75. The van der Waals surface area contributed by atoms with E-state index in [4.69, 9.17) is 0 Å². The maximum Gasteiger partial charge on any atom is 1.00 e. The van der Waals surface area contributed by atoms with Crippen molar-refractivity contribution in [3.8, 4) is 5.69 Å². The van der Waals surface area contributed by atoms with Crippen LogP contribution in [0.2, 0.25) is 0 Å². The number of hydrogen-bond donors (Lipinski definition) is 0. The first kappa shape index (κ1) is 19.4. The van der Waals surface area contributed by atoms with E-state index in [1.165, 1.54) is 41.2 Å². The number of benzene rings is 3. The van der Waals surface area contributed by atoms with Gasteiger partial charge in [-0.1, -0.05) is 24.3 Å². The Morgan fingerprint density at radius 1 is 0.963 bits per heavy atom. The van der Waals surface area contributed by atoms with Gasteiger partial charge in [-0.25, -0.2) is 8.42 Å². The Balaban J connectivity index is 0.00000210. The molecule has 0 aliphatic rings. The third kappa shape index (κ3) is 3.45. The molecule has 0 aliphatic heterocycles. The van der Waals surface area contributed by atoms with Crippen LogP contribution in [0.25, 0.3) is 27.5 Å². The van der Waals surface area contributed by atoms with Gasteiger partial charge in [-0.2, -0.15) is 4.80 Å². The van der Waals surface area contributed by atoms with Crippen molar-refractivity contribution < 1.29 is 47.5 Å². The molecule has 0 saturated carbocycles. The van der Waals surface area contributed by atoms with E-state index in [9.17, 15) is 23.1 Å². The predicted molar refractivity (Wildman–Crippen MR) is 91.0 cm³/mol. The van der Waals surface area contributed by atoms with Gasteiger partial charge in [-0.05, 0) is 18.2 Å². The van der Waals surface area contributed by atoms with Crippen LogP contribution < -0.4 is 29.6 Å². The van der Waals surface area contributed by atoms with Crippen LogP contribution in [0.3, 0.4) is 0 Å². The van der Waals surface area contributed by atoms with Crippen LogP contribution in [0.1, 0.15) is 0 Å². The van der Waals surface area contributed by atoms with E-state index in [2.05, 4.69) is 10.2 Å². The average molecular weight is 392 g/mol. The molecule has 0 radical (unpaired) electrons. The van der Waals surface area contributed by atoms with E-state index < -0.39 is 15.0 Å². The van der Waals surface area contributed by atoms with Gasteiger partial charge < -0.3 is 4.55 Å². The molecule has 0 fully saturated rings. The Hall–Kier alpha value is -2.37. The largest absolute Gasteiger partial charge is 1.00 e. The SMILES string of the molecule is O=[N+]([O-])c1ccc(-n2nc3cc(S(=O)(=O)[O-])c4ccccc4c3n2)cc1.[Na+]. The Morgan fingerprint density at radius 2 is 1.59 bits per heavy atom. The molecule has 0 spiro atoms. The predicted octanol–water partition coefficient (Wildman–Crippen LogP) is -0.610. The number of fused-ring (bicyclic) bond motifs is 3. The third-order valence-electron chi connectivity index (χ3n) is 3.92. The van der Waals surface area contributed by atoms with Crippen LogP contribution in [-0.2, 0) is 10.1 Å². The van der Waals surface area contributed by atoms with Crippen molar-refractivity contribution in [3.63, 3.8) is 0 Å². The summed E-state index contributed by atoms with van der Waals surface area (Å²) in [5, 5.41) is 20.1. The van der Waals surface area contributed by atoms with E-state index in [1.54, 1.807) is 18.2 Å². The van der Waals surface area contributed by atoms with Gasteiger partial charge in [0.25, 0.3) is 5.69 Å². The van der Waals surface area contributed by atoms with Crippen LogP contribution >= 0.6 is 0 Å². The number of nitro benzene ring substituents is 1. The topological polar surface area (TPSA) is 131 Å². The molecule has 130 valence electrons. The van der Waals surface area contributed by atoms with E-state index in [1.807, 2.05) is 0 Å². The van der Waals surface area contributed by atoms with E-state index >= 15 is 0 Å². The molecule has 0 saturated heterocycles. The van der Waals surface area contributed by atoms with Crippen molar-refractivity contribution in [2.75, 3.05) is 0 Å². The third-order valence-corrected chi connectivity index (χ3v) is 4.79. The monoisotopic (exact) mass is 392 g/mol. The molecule has 3 aromatic carbocycles.